The van der Waals surface area contributed by atoms with Gasteiger partial charge in [-0.1, -0.05) is 19.4 Å². The van der Waals surface area contributed by atoms with Gasteiger partial charge < -0.3 is 15.2 Å². The average Bonchev–Trinajstić information content (AvgIpc) is 3.36. The van der Waals surface area contributed by atoms with Gasteiger partial charge in [0.15, 0.2) is 0 Å². The number of hydrogen-bond donors (Lipinski definition) is 2. The summed E-state index contributed by atoms with van der Waals surface area (Å²) >= 11 is 0. The second-order valence-electron chi connectivity index (χ2n) is 9.61. The van der Waals surface area contributed by atoms with Gasteiger partial charge in [0.05, 0.1) is 7.11 Å². The number of aromatic nitrogens is 2. The SMILES string of the molecule is CCc1ncccc1C(C(=O)O)N1CC[C@@H]([C@H](F)CCCCc2cc(OC)c3c(n2)NCCC3)C1. The molecule has 35 heavy (non-hydrogen) atoms. The zero-order valence-corrected chi connectivity index (χ0v) is 20.8. The number of fused-ring (bicyclic) bond motifs is 1. The van der Waals surface area contributed by atoms with Crippen molar-refractivity contribution in [2.75, 3.05) is 32.1 Å². The van der Waals surface area contributed by atoms with Crippen LogP contribution in [0.15, 0.2) is 24.4 Å². The van der Waals surface area contributed by atoms with Gasteiger partial charge in [-0.2, -0.15) is 0 Å². The van der Waals surface area contributed by atoms with E-state index in [1.54, 1.807) is 19.4 Å². The number of aliphatic carboxylic acids is 1. The van der Waals surface area contributed by atoms with Crippen molar-refractivity contribution in [1.29, 1.82) is 0 Å². The van der Waals surface area contributed by atoms with Crippen LogP contribution in [0.4, 0.5) is 10.2 Å². The van der Waals surface area contributed by atoms with Crippen LogP contribution in [0.25, 0.3) is 0 Å². The Morgan fingerprint density at radius 3 is 3.03 bits per heavy atom. The average molecular weight is 485 g/mol. The molecule has 7 nitrogen and oxygen atoms in total. The number of hydrogen-bond acceptors (Lipinski definition) is 6. The molecule has 0 aliphatic carbocycles. The maximum Gasteiger partial charge on any atom is 0.325 e. The zero-order valence-electron chi connectivity index (χ0n) is 20.8. The third-order valence-electron chi connectivity index (χ3n) is 7.34. The topological polar surface area (TPSA) is 87.6 Å². The van der Waals surface area contributed by atoms with Crippen molar-refractivity contribution in [3.05, 3.63) is 46.9 Å². The summed E-state index contributed by atoms with van der Waals surface area (Å²) in [6, 6.07) is 4.86. The first kappa shape index (κ1) is 25.4. The van der Waals surface area contributed by atoms with Crippen molar-refractivity contribution in [3.8, 4) is 5.75 Å². The Kier molecular flexibility index (Phi) is 8.55. The molecule has 0 radical (unpaired) electrons. The van der Waals surface area contributed by atoms with E-state index in [4.69, 9.17) is 9.72 Å². The minimum atomic E-state index is -0.929. The maximum absolute atomic E-state index is 15.1. The van der Waals surface area contributed by atoms with Crippen molar-refractivity contribution in [1.82, 2.24) is 14.9 Å². The van der Waals surface area contributed by atoms with Crippen LogP contribution in [0, 0.1) is 5.92 Å². The second-order valence-corrected chi connectivity index (χ2v) is 9.61. The number of anilines is 1. The molecular formula is C27H37FN4O3. The minimum Gasteiger partial charge on any atom is -0.496 e. The minimum absolute atomic E-state index is 0.134. The van der Waals surface area contributed by atoms with Crippen LogP contribution >= 0.6 is 0 Å². The highest BCUT2D eigenvalue weighted by Crippen LogP contribution is 2.34. The standard InChI is InChI=1S/C27H37FN4O3/c1-3-23-20(9-6-13-29-23)25(27(33)34)32-15-12-18(17-32)22(28)11-5-4-8-19-16-24(35-2)21-10-7-14-30-26(21)31-19/h6,9,13,16,18,22,25H,3-5,7-8,10-12,14-15,17H2,1-2H3,(H,30,31)(H,33,34)/t18-,22-,25?/m1/s1. The fourth-order valence-corrected chi connectivity index (χ4v) is 5.48. The van der Waals surface area contributed by atoms with Gasteiger partial charge in [0.25, 0.3) is 0 Å². The number of ether oxygens (including phenoxy) is 1. The van der Waals surface area contributed by atoms with Crippen LogP contribution in [0.3, 0.4) is 0 Å². The molecule has 4 heterocycles. The van der Waals surface area contributed by atoms with Crippen molar-refractivity contribution in [2.24, 2.45) is 5.92 Å². The summed E-state index contributed by atoms with van der Waals surface area (Å²) in [5, 5.41) is 13.3. The number of carboxylic acid groups (broad SMARTS) is 1. The first-order valence-corrected chi connectivity index (χ1v) is 12.9. The number of carboxylic acids is 1. The third kappa shape index (κ3) is 5.92. The molecular weight excluding hydrogens is 447 g/mol. The smallest absolute Gasteiger partial charge is 0.325 e. The highest BCUT2D eigenvalue weighted by atomic mass is 19.1. The molecule has 190 valence electrons. The lowest BCUT2D eigenvalue weighted by Crippen LogP contribution is -2.34. The lowest BCUT2D eigenvalue weighted by atomic mass is 9.97. The largest absolute Gasteiger partial charge is 0.496 e. The Hall–Kier alpha value is -2.74. The molecule has 1 unspecified atom stereocenters. The highest BCUT2D eigenvalue weighted by Gasteiger charge is 2.37. The summed E-state index contributed by atoms with van der Waals surface area (Å²) in [6.07, 6.45) is 7.09. The lowest BCUT2D eigenvalue weighted by molar-refractivity contribution is -0.143. The Bertz CT molecular complexity index is 1000. The Balaban J connectivity index is 1.29. The molecule has 0 aromatic carbocycles. The number of methoxy groups -OCH3 is 1. The third-order valence-corrected chi connectivity index (χ3v) is 7.34. The van der Waals surface area contributed by atoms with Gasteiger partial charge in [0.1, 0.15) is 23.8 Å². The summed E-state index contributed by atoms with van der Waals surface area (Å²) in [5.74, 6) is 0.781. The van der Waals surface area contributed by atoms with E-state index in [9.17, 15) is 9.90 Å². The monoisotopic (exact) mass is 484 g/mol. The molecule has 0 spiro atoms. The molecule has 2 aromatic rings. The van der Waals surface area contributed by atoms with E-state index in [1.165, 1.54) is 0 Å². The first-order valence-electron chi connectivity index (χ1n) is 12.9. The van der Waals surface area contributed by atoms with Gasteiger partial charge >= 0.3 is 5.97 Å². The number of rotatable bonds is 11. The van der Waals surface area contributed by atoms with Crippen LogP contribution in [-0.2, 0) is 24.1 Å². The van der Waals surface area contributed by atoms with Crippen LogP contribution in [0.5, 0.6) is 5.75 Å². The fourth-order valence-electron chi connectivity index (χ4n) is 5.48. The molecule has 2 N–H and O–H groups in total. The number of carbonyl (C=O) groups is 1. The number of aryl methyl sites for hydroxylation is 2. The van der Waals surface area contributed by atoms with Gasteiger partial charge in [-0.15, -0.1) is 0 Å². The predicted molar refractivity (Wildman–Crippen MR) is 134 cm³/mol. The predicted octanol–water partition coefficient (Wildman–Crippen LogP) is 4.60. The van der Waals surface area contributed by atoms with E-state index in [0.717, 1.165) is 72.7 Å². The van der Waals surface area contributed by atoms with Gasteiger partial charge in [0.2, 0.25) is 0 Å². The van der Waals surface area contributed by atoms with E-state index in [1.807, 2.05) is 24.0 Å². The number of nitrogens with one attached hydrogen (secondary N) is 1. The molecule has 0 saturated carbocycles. The summed E-state index contributed by atoms with van der Waals surface area (Å²) in [7, 11) is 1.69. The zero-order chi connectivity index (χ0) is 24.8. The van der Waals surface area contributed by atoms with Crippen molar-refractivity contribution < 1.29 is 19.0 Å². The number of unbranched alkanes of at least 4 members (excludes halogenated alkanes) is 1. The molecule has 2 aliphatic heterocycles. The van der Waals surface area contributed by atoms with E-state index < -0.39 is 18.2 Å². The van der Waals surface area contributed by atoms with Crippen molar-refractivity contribution >= 4 is 11.8 Å². The van der Waals surface area contributed by atoms with E-state index >= 15 is 4.39 Å². The van der Waals surface area contributed by atoms with Crippen LogP contribution in [0.2, 0.25) is 0 Å². The highest BCUT2D eigenvalue weighted by molar-refractivity contribution is 5.76. The van der Waals surface area contributed by atoms with E-state index in [-0.39, 0.29) is 5.92 Å². The first-order chi connectivity index (χ1) is 17.0. The molecule has 8 heteroatoms. The summed E-state index contributed by atoms with van der Waals surface area (Å²) < 4.78 is 20.7. The fraction of sp³-hybridized carbons (Fsp3) is 0.593. The number of nitrogens with zero attached hydrogens (tertiary/aromatic N) is 3. The Labute approximate surface area is 207 Å². The van der Waals surface area contributed by atoms with Gasteiger partial charge in [-0.25, -0.2) is 9.37 Å². The number of pyridine rings is 2. The quantitative estimate of drug-likeness (QED) is 0.451. The summed E-state index contributed by atoms with van der Waals surface area (Å²) in [5.41, 5.74) is 3.64. The number of halogens is 1. The maximum atomic E-state index is 15.1. The normalized spacial score (nSPS) is 19.6. The van der Waals surface area contributed by atoms with Gasteiger partial charge in [0, 0.05) is 53.8 Å². The molecule has 2 aliphatic rings. The summed E-state index contributed by atoms with van der Waals surface area (Å²) in [4.78, 5) is 23.1. The summed E-state index contributed by atoms with van der Waals surface area (Å²) in [6.45, 7) is 3.95. The van der Waals surface area contributed by atoms with Crippen LogP contribution in [0.1, 0.15) is 67.6 Å². The molecule has 0 amide bonds. The molecule has 0 bridgehead atoms. The molecule has 1 fully saturated rings. The van der Waals surface area contributed by atoms with Crippen molar-refractivity contribution in [2.45, 2.75) is 70.5 Å². The Morgan fingerprint density at radius 2 is 2.26 bits per heavy atom. The lowest BCUT2D eigenvalue weighted by Gasteiger charge is -2.26. The van der Waals surface area contributed by atoms with Gasteiger partial charge in [-0.05, 0) is 57.6 Å². The van der Waals surface area contributed by atoms with E-state index in [0.29, 0.717) is 32.4 Å². The van der Waals surface area contributed by atoms with Crippen LogP contribution in [-0.4, -0.2) is 58.9 Å². The molecule has 1 saturated heterocycles. The molecule has 2 aromatic heterocycles. The molecule has 3 atom stereocenters. The van der Waals surface area contributed by atoms with E-state index in [2.05, 4.69) is 10.3 Å². The second kappa shape index (κ2) is 11.8. The number of likely N-dealkylation sites (tertiary alicyclic amines) is 1. The Morgan fingerprint density at radius 1 is 1.40 bits per heavy atom. The molecule has 4 rings (SSSR count). The van der Waals surface area contributed by atoms with Crippen LogP contribution < -0.4 is 10.1 Å². The van der Waals surface area contributed by atoms with Crippen molar-refractivity contribution in [3.63, 3.8) is 0 Å². The van der Waals surface area contributed by atoms with Gasteiger partial charge in [-0.3, -0.25) is 14.7 Å². The number of alkyl halides is 1.